The van der Waals surface area contributed by atoms with Crippen molar-refractivity contribution in [2.24, 2.45) is 0 Å². The van der Waals surface area contributed by atoms with Gasteiger partial charge in [-0.1, -0.05) is 12.1 Å². The van der Waals surface area contributed by atoms with Crippen LogP contribution in [0.3, 0.4) is 0 Å². The SMILES string of the molecule is CCOc1ccccc1NC(=S)Nc1nc(C)cc(C)n1. The van der Waals surface area contributed by atoms with Gasteiger partial charge in [-0.2, -0.15) is 0 Å². The van der Waals surface area contributed by atoms with Crippen molar-refractivity contribution in [3.63, 3.8) is 0 Å². The van der Waals surface area contributed by atoms with E-state index in [0.29, 0.717) is 17.7 Å². The molecule has 0 aliphatic heterocycles. The number of nitrogens with one attached hydrogen (secondary N) is 2. The van der Waals surface area contributed by atoms with Gasteiger partial charge in [-0.3, -0.25) is 0 Å². The van der Waals surface area contributed by atoms with Gasteiger partial charge < -0.3 is 15.4 Å². The molecule has 0 amide bonds. The van der Waals surface area contributed by atoms with Crippen molar-refractivity contribution in [2.75, 3.05) is 17.2 Å². The number of para-hydroxylation sites is 2. The van der Waals surface area contributed by atoms with Crippen LogP contribution in [0.15, 0.2) is 30.3 Å². The Balaban J connectivity index is 2.08. The third-order valence-electron chi connectivity index (χ3n) is 2.64. The molecule has 0 spiro atoms. The maximum Gasteiger partial charge on any atom is 0.229 e. The summed E-state index contributed by atoms with van der Waals surface area (Å²) in [6, 6.07) is 9.54. The van der Waals surface area contributed by atoms with Gasteiger partial charge in [0.15, 0.2) is 5.11 Å². The Labute approximate surface area is 129 Å². The number of nitrogens with zero attached hydrogens (tertiary/aromatic N) is 2. The summed E-state index contributed by atoms with van der Waals surface area (Å²) in [5, 5.41) is 6.51. The number of aryl methyl sites for hydroxylation is 2. The van der Waals surface area contributed by atoms with Crippen LogP contribution < -0.4 is 15.4 Å². The van der Waals surface area contributed by atoms with Crippen molar-refractivity contribution in [3.8, 4) is 5.75 Å². The van der Waals surface area contributed by atoms with Gasteiger partial charge >= 0.3 is 0 Å². The Hall–Kier alpha value is -2.21. The van der Waals surface area contributed by atoms with Crippen molar-refractivity contribution in [1.82, 2.24) is 9.97 Å². The molecule has 0 unspecified atom stereocenters. The molecule has 0 fully saturated rings. The Morgan fingerprint density at radius 2 is 1.81 bits per heavy atom. The third-order valence-corrected chi connectivity index (χ3v) is 2.85. The highest BCUT2D eigenvalue weighted by molar-refractivity contribution is 7.80. The highest BCUT2D eigenvalue weighted by Gasteiger charge is 2.06. The zero-order chi connectivity index (χ0) is 15.2. The Morgan fingerprint density at radius 1 is 1.14 bits per heavy atom. The van der Waals surface area contributed by atoms with Crippen LogP contribution in [0.1, 0.15) is 18.3 Å². The maximum atomic E-state index is 5.55. The largest absolute Gasteiger partial charge is 0.492 e. The van der Waals surface area contributed by atoms with Crippen molar-refractivity contribution in [1.29, 1.82) is 0 Å². The summed E-state index contributed by atoms with van der Waals surface area (Å²) in [6.07, 6.45) is 0. The molecule has 0 saturated heterocycles. The second-order valence-electron chi connectivity index (χ2n) is 4.48. The predicted octanol–water partition coefficient (Wildman–Crippen LogP) is 3.30. The molecule has 0 atom stereocenters. The van der Waals surface area contributed by atoms with E-state index >= 15 is 0 Å². The molecule has 0 saturated carbocycles. The van der Waals surface area contributed by atoms with Gasteiger partial charge in [0.2, 0.25) is 5.95 Å². The summed E-state index contributed by atoms with van der Waals surface area (Å²) in [6.45, 7) is 6.37. The molecule has 6 heteroatoms. The topological polar surface area (TPSA) is 59.1 Å². The Kier molecular flexibility index (Phi) is 5.05. The van der Waals surface area contributed by atoms with Gasteiger partial charge in [0.05, 0.1) is 12.3 Å². The Bertz CT molecular complexity index is 625. The highest BCUT2D eigenvalue weighted by atomic mass is 32.1. The maximum absolute atomic E-state index is 5.55. The molecule has 0 bridgehead atoms. The van der Waals surface area contributed by atoms with E-state index in [2.05, 4.69) is 20.6 Å². The van der Waals surface area contributed by atoms with Gasteiger partial charge in [-0.15, -0.1) is 0 Å². The number of hydrogen-bond donors (Lipinski definition) is 2. The molecular weight excluding hydrogens is 284 g/mol. The summed E-state index contributed by atoms with van der Waals surface area (Å²) >= 11 is 5.29. The molecule has 2 aromatic rings. The Morgan fingerprint density at radius 3 is 2.48 bits per heavy atom. The van der Waals surface area contributed by atoms with Crippen LogP contribution in [0.5, 0.6) is 5.75 Å². The normalized spacial score (nSPS) is 10.0. The molecule has 110 valence electrons. The van der Waals surface area contributed by atoms with E-state index in [1.165, 1.54) is 0 Å². The zero-order valence-electron chi connectivity index (χ0n) is 12.3. The van der Waals surface area contributed by atoms with Crippen LogP contribution in [0, 0.1) is 13.8 Å². The molecule has 1 aromatic carbocycles. The summed E-state index contributed by atoms with van der Waals surface area (Å²) in [5.74, 6) is 1.24. The first kappa shape index (κ1) is 15.2. The summed E-state index contributed by atoms with van der Waals surface area (Å²) in [4.78, 5) is 8.59. The number of rotatable bonds is 4. The van der Waals surface area contributed by atoms with Gasteiger partial charge in [0, 0.05) is 11.4 Å². The van der Waals surface area contributed by atoms with E-state index < -0.39 is 0 Å². The number of thiocarbonyl (C=S) groups is 1. The summed E-state index contributed by atoms with van der Waals surface area (Å²) < 4.78 is 5.55. The second kappa shape index (κ2) is 6.99. The summed E-state index contributed by atoms with van der Waals surface area (Å²) in [7, 11) is 0. The van der Waals surface area contributed by atoms with Crippen molar-refractivity contribution < 1.29 is 4.74 Å². The van der Waals surface area contributed by atoms with Gasteiger partial charge in [0.25, 0.3) is 0 Å². The number of ether oxygens (including phenoxy) is 1. The lowest BCUT2D eigenvalue weighted by Crippen LogP contribution is -2.21. The van der Waals surface area contributed by atoms with Crippen molar-refractivity contribution in [3.05, 3.63) is 41.7 Å². The second-order valence-corrected chi connectivity index (χ2v) is 4.89. The van der Waals surface area contributed by atoms with Crippen molar-refractivity contribution in [2.45, 2.75) is 20.8 Å². The van der Waals surface area contributed by atoms with E-state index in [9.17, 15) is 0 Å². The van der Waals surface area contributed by atoms with Crippen LogP contribution in [0.2, 0.25) is 0 Å². The third kappa shape index (κ3) is 4.39. The highest BCUT2D eigenvalue weighted by Crippen LogP contribution is 2.23. The zero-order valence-corrected chi connectivity index (χ0v) is 13.1. The minimum absolute atomic E-state index is 0.423. The minimum atomic E-state index is 0.423. The lowest BCUT2D eigenvalue weighted by atomic mass is 10.3. The number of hydrogen-bond acceptors (Lipinski definition) is 4. The fourth-order valence-corrected chi connectivity index (χ4v) is 2.09. The monoisotopic (exact) mass is 302 g/mol. The minimum Gasteiger partial charge on any atom is -0.492 e. The van der Waals surface area contributed by atoms with Gasteiger partial charge in [0.1, 0.15) is 5.75 Å². The molecule has 0 aliphatic carbocycles. The standard InChI is InChI=1S/C15H18N4OS/c1-4-20-13-8-6-5-7-12(13)18-15(21)19-14-16-10(2)9-11(3)17-14/h5-9H,4H2,1-3H3,(H2,16,17,18,19,21). The first-order chi connectivity index (χ1) is 10.1. The fraction of sp³-hybridized carbons (Fsp3) is 0.267. The van der Waals surface area contributed by atoms with E-state index in [4.69, 9.17) is 17.0 Å². The molecule has 0 aliphatic rings. The lowest BCUT2D eigenvalue weighted by molar-refractivity contribution is 0.342. The van der Waals surface area contributed by atoms with Crippen LogP contribution in [-0.4, -0.2) is 21.7 Å². The van der Waals surface area contributed by atoms with E-state index in [1.54, 1.807) is 0 Å². The first-order valence-electron chi connectivity index (χ1n) is 6.70. The van der Waals surface area contributed by atoms with E-state index in [0.717, 1.165) is 22.8 Å². The average molecular weight is 302 g/mol. The molecular formula is C15H18N4OS. The molecule has 1 aromatic heterocycles. The van der Waals surface area contributed by atoms with Crippen LogP contribution in [0.25, 0.3) is 0 Å². The predicted molar refractivity (Wildman–Crippen MR) is 89.0 cm³/mol. The molecule has 5 nitrogen and oxygen atoms in total. The van der Waals surface area contributed by atoms with Crippen LogP contribution in [-0.2, 0) is 0 Å². The number of benzene rings is 1. The number of aromatic nitrogens is 2. The van der Waals surface area contributed by atoms with Gasteiger partial charge in [-0.05, 0) is 51.2 Å². The van der Waals surface area contributed by atoms with Gasteiger partial charge in [-0.25, -0.2) is 9.97 Å². The lowest BCUT2D eigenvalue weighted by Gasteiger charge is -2.13. The van der Waals surface area contributed by atoms with Crippen molar-refractivity contribution >= 4 is 29.0 Å². The smallest absolute Gasteiger partial charge is 0.229 e. The number of anilines is 2. The molecule has 0 radical (unpaired) electrons. The van der Waals surface area contributed by atoms with E-state index in [1.807, 2.05) is 51.1 Å². The fourth-order valence-electron chi connectivity index (χ4n) is 1.89. The average Bonchev–Trinajstić information content (AvgIpc) is 2.40. The van der Waals surface area contributed by atoms with Crippen LogP contribution in [0.4, 0.5) is 11.6 Å². The molecule has 1 heterocycles. The molecule has 2 N–H and O–H groups in total. The molecule has 2 rings (SSSR count). The quantitative estimate of drug-likeness (QED) is 0.845. The first-order valence-corrected chi connectivity index (χ1v) is 7.11. The van der Waals surface area contributed by atoms with Crippen LogP contribution >= 0.6 is 12.2 Å². The van der Waals surface area contributed by atoms with E-state index in [-0.39, 0.29) is 0 Å². The molecule has 21 heavy (non-hydrogen) atoms. The summed E-state index contributed by atoms with van der Waals surface area (Å²) in [5.41, 5.74) is 2.59.